The lowest BCUT2D eigenvalue weighted by Gasteiger charge is -2.39. The maximum Gasteiger partial charge on any atom is 0.254 e. The summed E-state index contributed by atoms with van der Waals surface area (Å²) < 4.78 is 1.88. The highest BCUT2D eigenvalue weighted by atomic mass is 16.2. The molecule has 2 aromatic heterocycles. The third-order valence-electron chi connectivity index (χ3n) is 7.45. The van der Waals surface area contributed by atoms with E-state index in [4.69, 9.17) is 0 Å². The van der Waals surface area contributed by atoms with Crippen molar-refractivity contribution in [2.75, 3.05) is 0 Å². The summed E-state index contributed by atoms with van der Waals surface area (Å²) in [7, 11) is 0. The number of nitrogens with zero attached hydrogens (tertiary/aromatic N) is 4. The van der Waals surface area contributed by atoms with Crippen LogP contribution >= 0.6 is 0 Å². The van der Waals surface area contributed by atoms with E-state index in [-0.39, 0.29) is 5.91 Å². The van der Waals surface area contributed by atoms with Crippen molar-refractivity contribution < 1.29 is 4.79 Å². The van der Waals surface area contributed by atoms with Crippen LogP contribution in [0.15, 0.2) is 79.3 Å². The van der Waals surface area contributed by atoms with E-state index >= 15 is 0 Å². The molecule has 0 spiro atoms. The minimum Gasteiger partial charge on any atom is -0.333 e. The van der Waals surface area contributed by atoms with Crippen LogP contribution in [0.2, 0.25) is 0 Å². The summed E-state index contributed by atoms with van der Waals surface area (Å²) >= 11 is 0. The minimum atomic E-state index is 0.193. The number of benzene rings is 2. The Kier molecular flexibility index (Phi) is 5.17. The van der Waals surface area contributed by atoms with Crippen LogP contribution in [0.5, 0.6) is 0 Å². The lowest BCUT2D eigenvalue weighted by molar-refractivity contribution is 0.0523. The Morgan fingerprint density at radius 1 is 0.879 bits per heavy atom. The lowest BCUT2D eigenvalue weighted by atomic mass is 9.84. The normalized spacial score (nSPS) is 22.1. The van der Waals surface area contributed by atoms with Gasteiger partial charge in [0.25, 0.3) is 5.91 Å². The van der Waals surface area contributed by atoms with Gasteiger partial charge in [-0.3, -0.25) is 14.5 Å². The van der Waals surface area contributed by atoms with E-state index in [0.29, 0.717) is 24.5 Å². The number of hydrogen-bond acceptors (Lipinski definition) is 3. The van der Waals surface area contributed by atoms with Crippen LogP contribution in [-0.4, -0.2) is 37.7 Å². The van der Waals surface area contributed by atoms with Crippen LogP contribution in [0, 0.1) is 5.92 Å². The van der Waals surface area contributed by atoms with Crippen molar-refractivity contribution in [2.24, 2.45) is 5.92 Å². The zero-order valence-electron chi connectivity index (χ0n) is 18.7. The number of carbonyl (C=O) groups is 1. The smallest absolute Gasteiger partial charge is 0.254 e. The van der Waals surface area contributed by atoms with E-state index in [1.54, 1.807) is 6.20 Å². The zero-order valence-corrected chi connectivity index (χ0v) is 18.7. The predicted octanol–water partition coefficient (Wildman–Crippen LogP) is 5.11. The van der Waals surface area contributed by atoms with E-state index in [0.717, 1.165) is 48.7 Å². The number of aromatic nitrogens is 3. The summed E-state index contributed by atoms with van der Waals surface area (Å²) in [5.41, 5.74) is 4.31. The fourth-order valence-corrected chi connectivity index (χ4v) is 6.02. The first kappa shape index (κ1) is 20.2. The molecule has 5 heteroatoms. The van der Waals surface area contributed by atoms with Crippen molar-refractivity contribution in [1.29, 1.82) is 0 Å². The summed E-state index contributed by atoms with van der Waals surface area (Å²) in [5.74, 6) is 0.801. The minimum absolute atomic E-state index is 0.193. The summed E-state index contributed by atoms with van der Waals surface area (Å²) in [5, 5.41) is 5.59. The summed E-state index contributed by atoms with van der Waals surface area (Å²) in [6, 6.07) is 21.3. The van der Waals surface area contributed by atoms with Crippen LogP contribution in [0.3, 0.4) is 0 Å². The molecule has 2 aromatic carbocycles. The molecule has 6 rings (SSSR count). The van der Waals surface area contributed by atoms with Gasteiger partial charge in [0, 0.05) is 41.6 Å². The van der Waals surface area contributed by atoms with Crippen LogP contribution < -0.4 is 0 Å². The van der Waals surface area contributed by atoms with Crippen molar-refractivity contribution in [1.82, 2.24) is 19.7 Å². The van der Waals surface area contributed by atoms with Gasteiger partial charge >= 0.3 is 0 Å². The van der Waals surface area contributed by atoms with E-state index in [2.05, 4.69) is 45.3 Å². The van der Waals surface area contributed by atoms with Gasteiger partial charge in [0.05, 0.1) is 12.1 Å². The van der Waals surface area contributed by atoms with Gasteiger partial charge in [-0.05, 0) is 73.4 Å². The third kappa shape index (κ3) is 3.82. The zero-order chi connectivity index (χ0) is 22.2. The molecule has 5 nitrogen and oxygen atoms in total. The number of pyridine rings is 1. The molecule has 2 bridgehead atoms. The van der Waals surface area contributed by atoms with E-state index in [1.807, 2.05) is 47.4 Å². The third-order valence-corrected chi connectivity index (χ3v) is 7.45. The second kappa shape index (κ2) is 8.47. The molecule has 0 aliphatic carbocycles. The number of rotatable bonds is 5. The number of amides is 1. The van der Waals surface area contributed by atoms with Crippen molar-refractivity contribution in [3.8, 4) is 0 Å². The summed E-state index contributed by atoms with van der Waals surface area (Å²) in [4.78, 5) is 20.5. The molecular weight excluding hydrogens is 408 g/mol. The SMILES string of the molecule is O=C(c1ccccc1Cn1cccn1)N1C2CCC1CC(Cc1cccc3ncccc13)C2. The first-order valence-electron chi connectivity index (χ1n) is 12.0. The number of fused-ring (bicyclic) bond motifs is 3. The largest absolute Gasteiger partial charge is 0.333 e. The lowest BCUT2D eigenvalue weighted by Crippen LogP contribution is -2.47. The van der Waals surface area contributed by atoms with Crippen molar-refractivity contribution in [3.05, 3.63) is 95.9 Å². The molecule has 2 unspecified atom stereocenters. The fraction of sp³-hybridized carbons (Fsp3) is 0.321. The number of piperidine rings is 1. The van der Waals surface area contributed by atoms with E-state index < -0.39 is 0 Å². The highest BCUT2D eigenvalue weighted by Crippen LogP contribution is 2.41. The van der Waals surface area contributed by atoms with Crippen LogP contribution in [0.1, 0.15) is 47.2 Å². The maximum atomic E-state index is 13.7. The molecule has 0 N–H and O–H groups in total. The Morgan fingerprint density at radius 2 is 1.70 bits per heavy atom. The molecule has 0 radical (unpaired) electrons. The van der Waals surface area contributed by atoms with Crippen molar-refractivity contribution in [2.45, 2.75) is 50.7 Å². The predicted molar refractivity (Wildman–Crippen MR) is 129 cm³/mol. The Hall–Kier alpha value is -3.47. The van der Waals surface area contributed by atoms with Gasteiger partial charge < -0.3 is 4.90 Å². The molecule has 2 aliphatic rings. The number of hydrogen-bond donors (Lipinski definition) is 0. The average molecular weight is 437 g/mol. The Bertz CT molecular complexity index is 1260. The van der Waals surface area contributed by atoms with Gasteiger partial charge in [0.1, 0.15) is 0 Å². The maximum absolute atomic E-state index is 13.7. The Labute approximate surface area is 194 Å². The molecule has 4 heterocycles. The molecule has 4 aromatic rings. The van der Waals surface area contributed by atoms with Crippen LogP contribution in [0.4, 0.5) is 0 Å². The van der Waals surface area contributed by atoms with Crippen LogP contribution in [-0.2, 0) is 13.0 Å². The first-order chi connectivity index (χ1) is 16.3. The van der Waals surface area contributed by atoms with Crippen molar-refractivity contribution in [3.63, 3.8) is 0 Å². The fourth-order valence-electron chi connectivity index (χ4n) is 6.02. The van der Waals surface area contributed by atoms with Gasteiger partial charge in [-0.1, -0.05) is 36.4 Å². The highest BCUT2D eigenvalue weighted by molar-refractivity contribution is 5.96. The standard InChI is InChI=1S/C28H28N4O/c33-28(26-8-2-1-6-22(26)19-31-15-5-14-30-31)32-23-11-12-24(32)18-20(17-23)16-21-7-3-10-27-25(21)9-4-13-29-27/h1-10,13-15,20,23-24H,11-12,16-19H2. The molecule has 2 fully saturated rings. The van der Waals surface area contributed by atoms with Gasteiger partial charge in [-0.2, -0.15) is 5.10 Å². The van der Waals surface area contributed by atoms with Gasteiger partial charge in [-0.25, -0.2) is 0 Å². The van der Waals surface area contributed by atoms with Crippen molar-refractivity contribution >= 4 is 16.8 Å². The summed E-state index contributed by atoms with van der Waals surface area (Å²) in [6.45, 7) is 0.621. The molecule has 2 saturated heterocycles. The molecule has 0 saturated carbocycles. The number of carbonyl (C=O) groups excluding carboxylic acids is 1. The van der Waals surface area contributed by atoms with E-state index in [9.17, 15) is 4.79 Å². The van der Waals surface area contributed by atoms with Gasteiger partial charge in [0.15, 0.2) is 0 Å². The van der Waals surface area contributed by atoms with E-state index in [1.165, 1.54) is 10.9 Å². The molecule has 1 amide bonds. The molecule has 2 aliphatic heterocycles. The first-order valence-corrected chi connectivity index (χ1v) is 12.0. The quantitative estimate of drug-likeness (QED) is 0.437. The highest BCUT2D eigenvalue weighted by Gasteiger charge is 2.43. The average Bonchev–Trinajstić information content (AvgIpc) is 3.45. The monoisotopic (exact) mass is 436 g/mol. The van der Waals surface area contributed by atoms with Crippen LogP contribution in [0.25, 0.3) is 10.9 Å². The Balaban J connectivity index is 1.21. The molecule has 166 valence electrons. The topological polar surface area (TPSA) is 51.0 Å². The second-order valence-electron chi connectivity index (χ2n) is 9.49. The Morgan fingerprint density at radius 3 is 2.52 bits per heavy atom. The van der Waals surface area contributed by atoms with Gasteiger partial charge in [0.2, 0.25) is 0 Å². The second-order valence-corrected chi connectivity index (χ2v) is 9.49. The molecule has 2 atom stereocenters. The molecule has 33 heavy (non-hydrogen) atoms. The molecular formula is C28H28N4O. The summed E-state index contributed by atoms with van der Waals surface area (Å²) in [6.07, 6.45) is 11.0. The van der Waals surface area contributed by atoms with Gasteiger partial charge in [-0.15, -0.1) is 0 Å².